The summed E-state index contributed by atoms with van der Waals surface area (Å²) in [5.74, 6) is 0.785. The van der Waals surface area contributed by atoms with Gasteiger partial charge in [-0.1, -0.05) is 0 Å². The van der Waals surface area contributed by atoms with Crippen LogP contribution in [0.3, 0.4) is 0 Å². The average Bonchev–Trinajstić information content (AvgIpc) is 1.90. The van der Waals surface area contributed by atoms with Crippen LogP contribution in [0.15, 0.2) is 24.3 Å². The van der Waals surface area contributed by atoms with Crippen molar-refractivity contribution in [3.05, 3.63) is 37.8 Å². The molecule has 0 saturated heterocycles. The Hall–Kier alpha value is -0.357. The SMILES string of the molecule is COc1[c-]cccc1.[CH3-].[Zn+2]. The maximum atomic E-state index is 4.86. The topological polar surface area (TPSA) is 9.23 Å². The number of ether oxygens (including phenoxy) is 1. The number of rotatable bonds is 1. The maximum Gasteiger partial charge on any atom is 2.00 e. The van der Waals surface area contributed by atoms with E-state index >= 15 is 0 Å². The van der Waals surface area contributed by atoms with Crippen LogP contribution in [0.2, 0.25) is 0 Å². The van der Waals surface area contributed by atoms with E-state index in [0.29, 0.717) is 0 Å². The van der Waals surface area contributed by atoms with Crippen molar-refractivity contribution < 1.29 is 24.2 Å². The molecule has 0 atom stereocenters. The number of benzene rings is 1. The molecule has 1 aromatic carbocycles. The molecule has 1 nitrogen and oxygen atoms in total. The second-order valence-electron chi connectivity index (χ2n) is 1.43. The van der Waals surface area contributed by atoms with E-state index < -0.39 is 0 Å². The Bertz CT molecular complexity index is 151. The minimum absolute atomic E-state index is 0. The van der Waals surface area contributed by atoms with Crippen molar-refractivity contribution in [2.45, 2.75) is 0 Å². The van der Waals surface area contributed by atoms with Gasteiger partial charge in [0.05, 0.1) is 7.11 Å². The van der Waals surface area contributed by atoms with Gasteiger partial charge in [-0.25, -0.2) is 0 Å². The van der Waals surface area contributed by atoms with Crippen LogP contribution in [0.1, 0.15) is 0 Å². The molecule has 0 spiro atoms. The number of methoxy groups -OCH3 is 1. The van der Waals surface area contributed by atoms with Crippen LogP contribution in [0.4, 0.5) is 0 Å². The van der Waals surface area contributed by atoms with Crippen molar-refractivity contribution in [2.75, 3.05) is 7.11 Å². The first kappa shape index (κ1) is 12.3. The average molecular weight is 188 g/mol. The molecule has 50 valence electrons. The van der Waals surface area contributed by atoms with Gasteiger partial charge in [0.2, 0.25) is 0 Å². The van der Waals surface area contributed by atoms with E-state index in [2.05, 4.69) is 6.07 Å². The first-order chi connectivity index (χ1) is 3.93. The number of hydrogen-bond acceptors (Lipinski definition) is 1. The summed E-state index contributed by atoms with van der Waals surface area (Å²) in [4.78, 5) is 0. The number of para-hydroxylation sites is 1. The molecule has 1 aromatic rings. The second kappa shape index (κ2) is 6.76. The van der Waals surface area contributed by atoms with E-state index in [9.17, 15) is 0 Å². The summed E-state index contributed by atoms with van der Waals surface area (Å²) in [6, 6.07) is 10.4. The van der Waals surface area contributed by atoms with Gasteiger partial charge in [0.15, 0.2) is 0 Å². The third-order valence-electron chi connectivity index (χ3n) is 0.900. The van der Waals surface area contributed by atoms with E-state index in [0.717, 1.165) is 5.75 Å². The van der Waals surface area contributed by atoms with Crippen LogP contribution < -0.4 is 4.74 Å². The van der Waals surface area contributed by atoms with Crippen molar-refractivity contribution >= 4 is 0 Å². The molecule has 0 heterocycles. The first-order valence-corrected chi connectivity index (χ1v) is 2.44. The summed E-state index contributed by atoms with van der Waals surface area (Å²) in [6.07, 6.45) is 0. The molecule has 0 fully saturated rings. The Kier molecular flexibility index (Phi) is 8.34. The Morgan fingerprint density at radius 1 is 1.40 bits per heavy atom. The van der Waals surface area contributed by atoms with Crippen molar-refractivity contribution in [1.82, 2.24) is 0 Å². The Balaban J connectivity index is 0. The summed E-state index contributed by atoms with van der Waals surface area (Å²) in [5.41, 5.74) is 0. The molecule has 0 bridgehead atoms. The summed E-state index contributed by atoms with van der Waals surface area (Å²) >= 11 is 0. The van der Waals surface area contributed by atoms with E-state index in [1.54, 1.807) is 7.11 Å². The van der Waals surface area contributed by atoms with E-state index in [1.807, 2.05) is 24.3 Å². The Morgan fingerprint density at radius 2 is 2.10 bits per heavy atom. The monoisotopic (exact) mass is 186 g/mol. The minimum Gasteiger partial charge on any atom is -0.523 e. The van der Waals surface area contributed by atoms with E-state index in [1.165, 1.54) is 0 Å². The Morgan fingerprint density at radius 3 is 2.40 bits per heavy atom. The molecule has 10 heavy (non-hydrogen) atoms. The van der Waals surface area contributed by atoms with Crippen molar-refractivity contribution in [1.29, 1.82) is 0 Å². The second-order valence-corrected chi connectivity index (χ2v) is 1.43. The molecule has 0 aromatic heterocycles. The van der Waals surface area contributed by atoms with Crippen LogP contribution in [0, 0.1) is 13.5 Å². The van der Waals surface area contributed by atoms with Crippen molar-refractivity contribution in [3.8, 4) is 5.75 Å². The molecular weight excluding hydrogens is 177 g/mol. The van der Waals surface area contributed by atoms with Gasteiger partial charge in [0, 0.05) is 5.75 Å². The van der Waals surface area contributed by atoms with Crippen LogP contribution >= 0.6 is 0 Å². The van der Waals surface area contributed by atoms with Gasteiger partial charge in [-0.2, -0.15) is 18.2 Å². The summed E-state index contributed by atoms with van der Waals surface area (Å²) in [5, 5.41) is 0. The van der Waals surface area contributed by atoms with Crippen molar-refractivity contribution in [2.24, 2.45) is 0 Å². The van der Waals surface area contributed by atoms with Gasteiger partial charge in [-0.15, -0.1) is 12.1 Å². The third kappa shape index (κ3) is 3.63. The molecule has 1 rings (SSSR count). The van der Waals surface area contributed by atoms with Gasteiger partial charge in [0.25, 0.3) is 0 Å². The zero-order valence-corrected chi connectivity index (χ0v) is 9.39. The van der Waals surface area contributed by atoms with Crippen molar-refractivity contribution in [3.63, 3.8) is 0 Å². The predicted octanol–water partition coefficient (Wildman–Crippen LogP) is 1.94. The van der Waals surface area contributed by atoms with Crippen LogP contribution in [-0.2, 0) is 19.5 Å². The van der Waals surface area contributed by atoms with Gasteiger partial charge >= 0.3 is 19.5 Å². The van der Waals surface area contributed by atoms with Gasteiger partial charge in [-0.3, -0.25) is 0 Å². The molecule has 0 aliphatic heterocycles. The minimum atomic E-state index is 0. The van der Waals surface area contributed by atoms with Gasteiger partial charge < -0.3 is 12.2 Å². The fourth-order valence-corrected chi connectivity index (χ4v) is 0.504. The number of hydrogen-bond donors (Lipinski definition) is 0. The van der Waals surface area contributed by atoms with Crippen LogP contribution in [0.5, 0.6) is 5.75 Å². The predicted molar refractivity (Wildman–Crippen MR) is 38.2 cm³/mol. The first-order valence-electron chi connectivity index (χ1n) is 2.44. The largest absolute Gasteiger partial charge is 2.00 e. The molecule has 2 heteroatoms. The quantitative estimate of drug-likeness (QED) is 0.482. The molecule has 0 aliphatic carbocycles. The Labute approximate surface area is 75.2 Å². The molecule has 0 aliphatic rings. The molecule has 0 amide bonds. The standard InChI is InChI=1S/C7H7O.CH3.Zn/c1-8-7-5-3-2-4-6-7;;/h2-5H,1H3;1H3;/q2*-1;+2. The van der Waals surface area contributed by atoms with E-state index in [4.69, 9.17) is 4.74 Å². The molecule has 0 saturated carbocycles. The van der Waals surface area contributed by atoms with Crippen LogP contribution in [0.25, 0.3) is 0 Å². The van der Waals surface area contributed by atoms with E-state index in [-0.39, 0.29) is 26.9 Å². The zero-order valence-electron chi connectivity index (χ0n) is 6.42. The summed E-state index contributed by atoms with van der Waals surface area (Å²) in [6.45, 7) is 0. The summed E-state index contributed by atoms with van der Waals surface area (Å²) in [7, 11) is 1.63. The zero-order chi connectivity index (χ0) is 5.82. The molecule has 0 unspecified atom stereocenters. The normalized spacial score (nSPS) is 6.90. The van der Waals surface area contributed by atoms with Gasteiger partial charge in [0.1, 0.15) is 0 Å². The smallest absolute Gasteiger partial charge is 0.523 e. The molecular formula is C8H10OZn. The van der Waals surface area contributed by atoms with Crippen LogP contribution in [-0.4, -0.2) is 7.11 Å². The summed E-state index contributed by atoms with van der Waals surface area (Å²) < 4.78 is 4.86. The third-order valence-corrected chi connectivity index (χ3v) is 0.900. The fourth-order valence-electron chi connectivity index (χ4n) is 0.504. The van der Waals surface area contributed by atoms with Gasteiger partial charge in [-0.05, 0) is 0 Å². The molecule has 0 radical (unpaired) electrons. The maximum absolute atomic E-state index is 4.86. The fraction of sp³-hybridized carbons (Fsp3) is 0.125. The molecule has 0 N–H and O–H groups in total.